The van der Waals surface area contributed by atoms with Gasteiger partial charge < -0.3 is 19.9 Å². The fourth-order valence-corrected chi connectivity index (χ4v) is 3.02. The van der Waals surface area contributed by atoms with Crippen LogP contribution in [-0.2, 0) is 12.8 Å². The minimum Gasteiger partial charge on any atom is -0.493 e. The molecule has 1 atom stereocenters. The van der Waals surface area contributed by atoms with E-state index in [9.17, 15) is 5.11 Å². The molecule has 0 spiro atoms. The molecule has 140 valence electrons. The Morgan fingerprint density at radius 1 is 1.15 bits per heavy atom. The van der Waals surface area contributed by atoms with Gasteiger partial charge in [0.15, 0.2) is 11.5 Å². The maximum Gasteiger partial charge on any atom is 0.164 e. The molecule has 0 saturated carbocycles. The lowest BCUT2D eigenvalue weighted by Crippen LogP contribution is -2.24. The largest absolute Gasteiger partial charge is 0.493 e. The Bertz CT molecular complexity index is 716. The van der Waals surface area contributed by atoms with Crippen molar-refractivity contribution >= 4 is 11.6 Å². The van der Waals surface area contributed by atoms with Gasteiger partial charge in [0.2, 0.25) is 0 Å². The molecule has 0 aliphatic rings. The van der Waals surface area contributed by atoms with Crippen LogP contribution in [0.1, 0.15) is 22.8 Å². The van der Waals surface area contributed by atoms with Crippen molar-refractivity contribution in [3.8, 4) is 11.5 Å². The summed E-state index contributed by atoms with van der Waals surface area (Å²) >= 11 is 5.87. The lowest BCUT2D eigenvalue weighted by Gasteiger charge is -2.17. The average Bonchev–Trinajstić information content (AvgIpc) is 2.66. The smallest absolute Gasteiger partial charge is 0.164 e. The summed E-state index contributed by atoms with van der Waals surface area (Å²) in [5, 5.41) is 14.2. The molecule has 0 aliphatic heterocycles. The quantitative estimate of drug-likeness (QED) is 0.487. The van der Waals surface area contributed by atoms with Gasteiger partial charge in [-0.3, -0.25) is 0 Å². The Labute approximate surface area is 160 Å². The van der Waals surface area contributed by atoms with Crippen LogP contribution in [0.2, 0.25) is 5.02 Å². The first-order valence-corrected chi connectivity index (χ1v) is 8.96. The van der Waals surface area contributed by atoms with Crippen LogP contribution in [0.5, 0.6) is 11.5 Å². The highest BCUT2D eigenvalue weighted by atomic mass is 35.5. The fraction of sp³-hybridized carbons (Fsp3) is 0.333. The summed E-state index contributed by atoms with van der Waals surface area (Å²) in [5.41, 5.74) is 3.11. The topological polar surface area (TPSA) is 50.7 Å². The molecule has 2 N–H and O–H groups in total. The van der Waals surface area contributed by atoms with E-state index in [1.165, 1.54) is 5.56 Å². The van der Waals surface area contributed by atoms with E-state index in [1.807, 2.05) is 24.3 Å². The molecule has 5 heteroatoms. The van der Waals surface area contributed by atoms with E-state index in [1.54, 1.807) is 26.4 Å². The first kappa shape index (κ1) is 20.3. The second kappa shape index (κ2) is 10.2. The summed E-state index contributed by atoms with van der Waals surface area (Å²) < 4.78 is 10.9. The summed E-state index contributed by atoms with van der Waals surface area (Å²) in [5.74, 6) is 1.48. The lowest BCUT2D eigenvalue weighted by molar-refractivity contribution is 0.175. The number of halogens is 1. The highest BCUT2D eigenvalue weighted by molar-refractivity contribution is 6.30. The number of aliphatic hydroxyl groups is 1. The van der Waals surface area contributed by atoms with Crippen molar-refractivity contribution in [2.45, 2.75) is 18.9 Å². The summed E-state index contributed by atoms with van der Waals surface area (Å²) in [6.07, 6.45) is 2.82. The first-order valence-electron chi connectivity index (χ1n) is 8.58. The predicted molar refractivity (Wildman–Crippen MR) is 106 cm³/mol. The van der Waals surface area contributed by atoms with Gasteiger partial charge >= 0.3 is 0 Å². The zero-order chi connectivity index (χ0) is 18.9. The zero-order valence-corrected chi connectivity index (χ0v) is 16.1. The molecule has 0 heterocycles. The molecular weight excluding hydrogens is 350 g/mol. The van der Waals surface area contributed by atoms with Gasteiger partial charge in [0.25, 0.3) is 0 Å². The van der Waals surface area contributed by atoms with Crippen molar-refractivity contribution < 1.29 is 14.6 Å². The molecule has 26 heavy (non-hydrogen) atoms. The Morgan fingerprint density at radius 2 is 1.88 bits per heavy atom. The van der Waals surface area contributed by atoms with E-state index in [2.05, 4.69) is 18.0 Å². The van der Waals surface area contributed by atoms with Gasteiger partial charge in [-0.15, -0.1) is 6.58 Å². The number of hydrogen-bond donors (Lipinski definition) is 2. The highest BCUT2D eigenvalue weighted by Crippen LogP contribution is 2.34. The molecule has 0 fully saturated rings. The number of nitrogens with one attached hydrogen (secondary N) is 1. The first-order chi connectivity index (χ1) is 12.6. The van der Waals surface area contributed by atoms with Crippen molar-refractivity contribution in [1.82, 2.24) is 5.32 Å². The Hall–Kier alpha value is -2.01. The molecule has 0 amide bonds. The third-order valence-corrected chi connectivity index (χ3v) is 4.51. The van der Waals surface area contributed by atoms with Gasteiger partial charge in [0.05, 0.1) is 20.3 Å². The Balaban J connectivity index is 1.96. The number of benzene rings is 2. The van der Waals surface area contributed by atoms with Crippen LogP contribution >= 0.6 is 11.6 Å². The monoisotopic (exact) mass is 375 g/mol. The number of hydrogen-bond acceptors (Lipinski definition) is 4. The van der Waals surface area contributed by atoms with E-state index < -0.39 is 6.10 Å². The molecule has 0 bridgehead atoms. The minimum absolute atomic E-state index is 0.478. The van der Waals surface area contributed by atoms with E-state index in [0.29, 0.717) is 18.0 Å². The predicted octanol–water partition coefficient (Wildman–Crippen LogP) is 3.95. The summed E-state index contributed by atoms with van der Waals surface area (Å²) in [6.45, 7) is 5.05. The number of aliphatic hydroxyl groups excluding tert-OH is 1. The fourth-order valence-electron chi connectivity index (χ4n) is 2.90. The van der Waals surface area contributed by atoms with Crippen LogP contribution in [0.3, 0.4) is 0 Å². The van der Waals surface area contributed by atoms with Crippen LogP contribution in [-0.4, -0.2) is 32.4 Å². The second-order valence-corrected chi connectivity index (χ2v) is 6.39. The van der Waals surface area contributed by atoms with Crippen LogP contribution in [0, 0.1) is 0 Å². The van der Waals surface area contributed by atoms with Crippen molar-refractivity contribution in [2.75, 3.05) is 27.3 Å². The molecule has 2 aromatic carbocycles. The lowest BCUT2D eigenvalue weighted by atomic mass is 9.99. The molecule has 1 unspecified atom stereocenters. The highest BCUT2D eigenvalue weighted by Gasteiger charge is 2.14. The van der Waals surface area contributed by atoms with Crippen molar-refractivity contribution in [3.05, 3.63) is 70.8 Å². The van der Waals surface area contributed by atoms with Gasteiger partial charge in [-0.1, -0.05) is 35.9 Å². The molecular formula is C21H26ClNO3. The Morgan fingerprint density at radius 3 is 2.50 bits per heavy atom. The molecule has 2 aromatic rings. The van der Waals surface area contributed by atoms with E-state index in [-0.39, 0.29) is 0 Å². The maximum absolute atomic E-state index is 10.2. The third-order valence-electron chi connectivity index (χ3n) is 4.26. The summed E-state index contributed by atoms with van der Waals surface area (Å²) in [7, 11) is 3.28. The van der Waals surface area contributed by atoms with Crippen LogP contribution in [0.15, 0.2) is 49.1 Å². The molecule has 0 aliphatic carbocycles. The van der Waals surface area contributed by atoms with Crippen molar-refractivity contribution in [2.24, 2.45) is 0 Å². The zero-order valence-electron chi connectivity index (χ0n) is 15.3. The minimum atomic E-state index is -0.565. The Kier molecular flexibility index (Phi) is 7.98. The SMILES string of the molecule is C=CCc1c(CCNCC(O)c2ccc(Cl)cc2)ccc(OC)c1OC. The maximum atomic E-state index is 10.2. The molecule has 4 nitrogen and oxygen atoms in total. The van der Waals surface area contributed by atoms with Gasteiger partial charge in [-0.2, -0.15) is 0 Å². The average molecular weight is 376 g/mol. The van der Waals surface area contributed by atoms with Gasteiger partial charge in [0, 0.05) is 17.1 Å². The van der Waals surface area contributed by atoms with Crippen LogP contribution in [0.25, 0.3) is 0 Å². The molecule has 2 rings (SSSR count). The van der Waals surface area contributed by atoms with E-state index in [4.69, 9.17) is 21.1 Å². The van der Waals surface area contributed by atoms with Gasteiger partial charge in [-0.05, 0) is 48.7 Å². The van der Waals surface area contributed by atoms with E-state index >= 15 is 0 Å². The molecule has 0 radical (unpaired) electrons. The van der Waals surface area contributed by atoms with E-state index in [0.717, 1.165) is 35.6 Å². The van der Waals surface area contributed by atoms with Crippen LogP contribution in [0.4, 0.5) is 0 Å². The van der Waals surface area contributed by atoms with Crippen molar-refractivity contribution in [1.29, 1.82) is 0 Å². The van der Waals surface area contributed by atoms with Crippen LogP contribution < -0.4 is 14.8 Å². The number of rotatable bonds is 10. The third kappa shape index (κ3) is 5.24. The molecule has 0 saturated heterocycles. The van der Waals surface area contributed by atoms with Gasteiger partial charge in [-0.25, -0.2) is 0 Å². The number of allylic oxidation sites excluding steroid dienone is 1. The van der Waals surface area contributed by atoms with Crippen molar-refractivity contribution in [3.63, 3.8) is 0 Å². The number of ether oxygens (including phenoxy) is 2. The summed E-state index contributed by atoms with van der Waals surface area (Å²) in [4.78, 5) is 0. The summed E-state index contributed by atoms with van der Waals surface area (Å²) in [6, 6.07) is 11.2. The number of methoxy groups -OCH3 is 2. The molecule has 0 aromatic heterocycles. The normalized spacial score (nSPS) is 11.8. The van der Waals surface area contributed by atoms with Gasteiger partial charge in [0.1, 0.15) is 0 Å². The second-order valence-electron chi connectivity index (χ2n) is 5.95. The standard InChI is InChI=1S/C21H26ClNO3/c1-4-5-18-15(8-11-20(25-2)21(18)26-3)12-13-23-14-19(24)16-6-9-17(22)10-7-16/h4,6-11,19,23-24H,1,5,12-14H2,2-3H3.